The number of ether oxygens (including phenoxy) is 3. The molecule has 1 atom stereocenters. The Morgan fingerprint density at radius 3 is 2.31 bits per heavy atom. The molecule has 0 saturated carbocycles. The molecule has 3 rings (SSSR count). The van der Waals surface area contributed by atoms with Crippen molar-refractivity contribution in [3.63, 3.8) is 0 Å². The number of hydrogen-bond donors (Lipinski definition) is 1. The van der Waals surface area contributed by atoms with E-state index in [0.717, 1.165) is 11.3 Å². The highest BCUT2D eigenvalue weighted by Crippen LogP contribution is 2.42. The van der Waals surface area contributed by atoms with Crippen LogP contribution in [0.4, 0.5) is 0 Å². The number of amides is 1. The Bertz CT molecular complexity index is 839. The predicted molar refractivity (Wildman–Crippen MR) is 102 cm³/mol. The molecule has 0 radical (unpaired) electrons. The third-order valence-electron chi connectivity index (χ3n) is 4.06. The number of thioether (sulfide) groups is 1. The average molecular weight is 372 g/mol. The van der Waals surface area contributed by atoms with Crippen molar-refractivity contribution >= 4 is 23.4 Å². The molecular formula is C19H20N2O4S. The highest BCUT2D eigenvalue weighted by molar-refractivity contribution is 8.03. The molecule has 7 heteroatoms. The maximum atomic E-state index is 13.3. The topological polar surface area (TPSA) is 74.0 Å². The molecule has 0 bridgehead atoms. The van der Waals surface area contributed by atoms with Crippen molar-refractivity contribution in [2.45, 2.75) is 5.50 Å². The van der Waals surface area contributed by atoms with Crippen molar-refractivity contribution in [2.75, 3.05) is 21.3 Å². The van der Waals surface area contributed by atoms with Gasteiger partial charge >= 0.3 is 0 Å². The fraction of sp³-hybridized carbons (Fsp3) is 0.211. The predicted octanol–water partition coefficient (Wildman–Crippen LogP) is 3.14. The Balaban J connectivity index is 2.04. The van der Waals surface area contributed by atoms with E-state index in [4.69, 9.17) is 19.9 Å². The van der Waals surface area contributed by atoms with Gasteiger partial charge in [-0.25, -0.2) is 0 Å². The van der Waals surface area contributed by atoms with E-state index in [-0.39, 0.29) is 5.91 Å². The molecule has 1 unspecified atom stereocenters. The lowest BCUT2D eigenvalue weighted by molar-refractivity contribution is 0.0825. The molecule has 2 aromatic carbocycles. The van der Waals surface area contributed by atoms with Gasteiger partial charge in [-0.1, -0.05) is 42.1 Å². The zero-order valence-electron chi connectivity index (χ0n) is 14.8. The van der Waals surface area contributed by atoms with E-state index in [1.807, 2.05) is 35.7 Å². The van der Waals surface area contributed by atoms with Gasteiger partial charge in [-0.15, -0.1) is 0 Å². The molecule has 2 aromatic rings. The standard InChI is InChI=1S/C19H20N2O4S/c1-23-15-10-9-13(16(24-2)17(15)25-3)18(22)21-14(11-26-19(21)20)12-7-5-4-6-8-12/h4-11,19H,20H2,1-3H3. The van der Waals surface area contributed by atoms with Crippen molar-refractivity contribution in [3.05, 3.63) is 59.0 Å². The average Bonchev–Trinajstić information content (AvgIpc) is 3.08. The van der Waals surface area contributed by atoms with E-state index >= 15 is 0 Å². The van der Waals surface area contributed by atoms with Crippen molar-refractivity contribution in [1.29, 1.82) is 0 Å². The summed E-state index contributed by atoms with van der Waals surface area (Å²) >= 11 is 1.39. The van der Waals surface area contributed by atoms with Crippen LogP contribution in [-0.4, -0.2) is 37.6 Å². The SMILES string of the molecule is COc1ccc(C(=O)N2C(c3ccccc3)=CSC2N)c(OC)c1OC. The van der Waals surface area contributed by atoms with E-state index in [9.17, 15) is 4.79 Å². The molecule has 0 spiro atoms. The summed E-state index contributed by atoms with van der Waals surface area (Å²) in [5.41, 5.74) is 7.69. The number of nitrogens with two attached hydrogens (primary N) is 1. The number of nitrogens with zero attached hydrogens (tertiary/aromatic N) is 1. The first-order valence-electron chi connectivity index (χ1n) is 7.91. The van der Waals surface area contributed by atoms with Crippen LogP contribution < -0.4 is 19.9 Å². The largest absolute Gasteiger partial charge is 0.493 e. The second-order valence-corrected chi connectivity index (χ2v) is 6.44. The summed E-state index contributed by atoms with van der Waals surface area (Å²) in [6.07, 6.45) is 0. The molecule has 136 valence electrons. The van der Waals surface area contributed by atoms with Gasteiger partial charge in [-0.05, 0) is 23.1 Å². The molecule has 6 nitrogen and oxygen atoms in total. The van der Waals surface area contributed by atoms with Crippen molar-refractivity contribution in [2.24, 2.45) is 5.73 Å². The Morgan fingerprint density at radius 2 is 1.69 bits per heavy atom. The van der Waals surface area contributed by atoms with Crippen LogP contribution in [-0.2, 0) is 0 Å². The monoisotopic (exact) mass is 372 g/mol. The number of carbonyl (C=O) groups excluding carboxylic acids is 1. The number of methoxy groups -OCH3 is 3. The molecule has 26 heavy (non-hydrogen) atoms. The van der Waals surface area contributed by atoms with Crippen LogP contribution in [0.15, 0.2) is 47.9 Å². The molecule has 2 N–H and O–H groups in total. The summed E-state index contributed by atoms with van der Waals surface area (Å²) in [7, 11) is 4.52. The van der Waals surface area contributed by atoms with Crippen molar-refractivity contribution in [3.8, 4) is 17.2 Å². The lowest BCUT2D eigenvalue weighted by Crippen LogP contribution is -2.39. The van der Waals surface area contributed by atoms with Gasteiger partial charge in [0.15, 0.2) is 11.5 Å². The fourth-order valence-electron chi connectivity index (χ4n) is 2.83. The summed E-state index contributed by atoms with van der Waals surface area (Å²) in [5.74, 6) is 0.898. The Hall–Kier alpha value is -2.64. The van der Waals surface area contributed by atoms with Crippen LogP contribution in [0.25, 0.3) is 5.70 Å². The normalized spacial score (nSPS) is 16.2. The first-order valence-corrected chi connectivity index (χ1v) is 8.85. The highest BCUT2D eigenvalue weighted by Gasteiger charge is 2.33. The van der Waals surface area contributed by atoms with E-state index in [2.05, 4.69) is 0 Å². The second kappa shape index (κ2) is 7.72. The Kier molecular flexibility index (Phi) is 5.39. The van der Waals surface area contributed by atoms with Crippen LogP contribution >= 0.6 is 11.8 Å². The second-order valence-electron chi connectivity index (χ2n) is 5.45. The molecular weight excluding hydrogens is 352 g/mol. The summed E-state index contributed by atoms with van der Waals surface area (Å²) < 4.78 is 16.1. The van der Waals surface area contributed by atoms with Gasteiger partial charge in [-0.3, -0.25) is 9.69 Å². The summed E-state index contributed by atoms with van der Waals surface area (Å²) in [6.45, 7) is 0. The molecule has 0 aromatic heterocycles. The molecule has 0 aliphatic carbocycles. The lowest BCUT2D eigenvalue weighted by Gasteiger charge is -2.26. The van der Waals surface area contributed by atoms with Gasteiger partial charge in [-0.2, -0.15) is 0 Å². The zero-order chi connectivity index (χ0) is 18.7. The molecule has 0 fully saturated rings. The number of hydrogen-bond acceptors (Lipinski definition) is 6. The molecule has 1 amide bonds. The summed E-state index contributed by atoms with van der Waals surface area (Å²) in [5, 5.41) is 1.89. The molecule has 0 saturated heterocycles. The first kappa shape index (κ1) is 18.2. The van der Waals surface area contributed by atoms with E-state index in [1.54, 1.807) is 17.0 Å². The van der Waals surface area contributed by atoms with Gasteiger partial charge in [0.1, 0.15) is 5.50 Å². The van der Waals surface area contributed by atoms with Crippen molar-refractivity contribution < 1.29 is 19.0 Å². The van der Waals surface area contributed by atoms with E-state index < -0.39 is 5.50 Å². The van der Waals surface area contributed by atoms with Crippen LogP contribution in [0, 0.1) is 0 Å². The van der Waals surface area contributed by atoms with Gasteiger partial charge in [0.05, 0.1) is 32.6 Å². The minimum absolute atomic E-state index is 0.268. The Labute approximate surface area is 156 Å². The van der Waals surface area contributed by atoms with E-state index in [0.29, 0.717) is 22.8 Å². The number of benzene rings is 2. The van der Waals surface area contributed by atoms with Gasteiger partial charge < -0.3 is 19.9 Å². The van der Waals surface area contributed by atoms with Gasteiger partial charge in [0, 0.05) is 0 Å². The minimum Gasteiger partial charge on any atom is -0.493 e. The smallest absolute Gasteiger partial charge is 0.264 e. The van der Waals surface area contributed by atoms with Crippen LogP contribution in [0.1, 0.15) is 15.9 Å². The quantitative estimate of drug-likeness (QED) is 0.869. The maximum absolute atomic E-state index is 13.3. The van der Waals surface area contributed by atoms with E-state index in [1.165, 1.54) is 33.1 Å². The zero-order valence-corrected chi connectivity index (χ0v) is 15.6. The molecule has 1 aliphatic heterocycles. The van der Waals surface area contributed by atoms with Crippen LogP contribution in [0.2, 0.25) is 0 Å². The molecule has 1 aliphatic rings. The summed E-state index contributed by atoms with van der Waals surface area (Å²) in [6, 6.07) is 13.0. The maximum Gasteiger partial charge on any atom is 0.264 e. The third-order valence-corrected chi connectivity index (χ3v) is 4.91. The first-order chi connectivity index (χ1) is 12.6. The van der Waals surface area contributed by atoms with Crippen molar-refractivity contribution in [1.82, 2.24) is 4.90 Å². The van der Waals surface area contributed by atoms with Gasteiger partial charge in [0.2, 0.25) is 5.75 Å². The highest BCUT2D eigenvalue weighted by atomic mass is 32.2. The molecule has 1 heterocycles. The number of rotatable bonds is 5. The van der Waals surface area contributed by atoms with Gasteiger partial charge in [0.25, 0.3) is 5.91 Å². The lowest BCUT2D eigenvalue weighted by atomic mass is 10.1. The fourth-order valence-corrected chi connectivity index (χ4v) is 3.68. The third kappa shape index (κ3) is 3.11. The number of carbonyl (C=O) groups is 1. The minimum atomic E-state index is -0.518. The summed E-state index contributed by atoms with van der Waals surface area (Å²) in [4.78, 5) is 14.9. The van der Waals surface area contributed by atoms with Crippen LogP contribution in [0.3, 0.4) is 0 Å². The van der Waals surface area contributed by atoms with Crippen LogP contribution in [0.5, 0.6) is 17.2 Å². The Morgan fingerprint density at radius 1 is 1.00 bits per heavy atom.